The maximum atomic E-state index is 13.4. The van der Waals surface area contributed by atoms with E-state index in [2.05, 4.69) is 41.8 Å². The molecule has 2 aromatic rings. The number of benzene rings is 1. The standard InChI is InChI=1S/C9HBr2F5N2/c10-7-8(11)18-9(17-7)1-2(12)4(14)6(16)5(15)3(1)13/h(H,17,18). The predicted molar refractivity (Wildman–Crippen MR) is 59.2 cm³/mol. The van der Waals surface area contributed by atoms with Gasteiger partial charge in [-0.1, -0.05) is 0 Å². The molecule has 0 radical (unpaired) electrons. The average molecular weight is 392 g/mol. The lowest BCUT2D eigenvalue weighted by Gasteiger charge is -2.05. The summed E-state index contributed by atoms with van der Waals surface area (Å²) in [5, 5.41) is 0. The number of rotatable bonds is 1. The second-order valence-corrected chi connectivity index (χ2v) is 4.68. The van der Waals surface area contributed by atoms with Crippen molar-refractivity contribution in [2.45, 2.75) is 0 Å². The van der Waals surface area contributed by atoms with E-state index in [1.165, 1.54) is 0 Å². The van der Waals surface area contributed by atoms with Crippen LogP contribution in [0.2, 0.25) is 0 Å². The zero-order valence-electron chi connectivity index (χ0n) is 8.09. The Morgan fingerprint density at radius 2 is 1.22 bits per heavy atom. The Labute approximate surface area is 113 Å². The van der Waals surface area contributed by atoms with Gasteiger partial charge in [0.05, 0.1) is 5.56 Å². The fourth-order valence-corrected chi connectivity index (χ4v) is 1.81. The SMILES string of the molecule is Fc1c(F)c(F)c(-c2nc(Br)c(Br)[nH]2)c(F)c1F. The fraction of sp³-hybridized carbons (Fsp3) is 0. The topological polar surface area (TPSA) is 28.7 Å². The highest BCUT2D eigenvalue weighted by atomic mass is 79.9. The smallest absolute Gasteiger partial charge is 0.200 e. The molecule has 1 aromatic carbocycles. The van der Waals surface area contributed by atoms with Gasteiger partial charge in [-0.25, -0.2) is 26.9 Å². The normalized spacial score (nSPS) is 11.1. The van der Waals surface area contributed by atoms with Gasteiger partial charge in [0.25, 0.3) is 0 Å². The molecule has 0 unspecified atom stereocenters. The van der Waals surface area contributed by atoms with Gasteiger partial charge in [-0.3, -0.25) is 0 Å². The van der Waals surface area contributed by atoms with Gasteiger partial charge in [0.15, 0.2) is 23.3 Å². The second kappa shape index (κ2) is 4.61. The van der Waals surface area contributed by atoms with Crippen molar-refractivity contribution in [3.05, 3.63) is 38.3 Å². The summed E-state index contributed by atoms with van der Waals surface area (Å²) < 4.78 is 65.9. The average Bonchev–Trinajstić information content (AvgIpc) is 2.64. The van der Waals surface area contributed by atoms with Gasteiger partial charge >= 0.3 is 0 Å². The molecular formula is C9HBr2F5N2. The Kier molecular flexibility index (Phi) is 3.45. The molecule has 9 heteroatoms. The first-order valence-electron chi connectivity index (χ1n) is 4.27. The Morgan fingerprint density at radius 1 is 0.778 bits per heavy atom. The molecule has 0 amide bonds. The van der Waals surface area contributed by atoms with Gasteiger partial charge < -0.3 is 4.98 Å². The third-order valence-corrected chi connectivity index (χ3v) is 3.75. The van der Waals surface area contributed by atoms with Gasteiger partial charge in [-0.05, 0) is 31.9 Å². The Morgan fingerprint density at radius 3 is 1.61 bits per heavy atom. The van der Waals surface area contributed by atoms with E-state index >= 15 is 0 Å². The van der Waals surface area contributed by atoms with E-state index in [0.717, 1.165) is 0 Å². The van der Waals surface area contributed by atoms with Crippen LogP contribution in [0.15, 0.2) is 9.21 Å². The molecule has 1 N–H and O–H groups in total. The lowest BCUT2D eigenvalue weighted by atomic mass is 10.1. The molecule has 18 heavy (non-hydrogen) atoms. The minimum absolute atomic E-state index is 0.140. The molecule has 0 saturated heterocycles. The quantitative estimate of drug-likeness (QED) is 0.438. The number of hydrogen-bond acceptors (Lipinski definition) is 1. The molecule has 0 spiro atoms. The van der Waals surface area contributed by atoms with Crippen LogP contribution in [0.4, 0.5) is 22.0 Å². The molecular weight excluding hydrogens is 391 g/mol. The van der Waals surface area contributed by atoms with Crippen molar-refractivity contribution in [2.75, 3.05) is 0 Å². The minimum atomic E-state index is -2.21. The molecule has 0 aliphatic rings. The summed E-state index contributed by atoms with van der Waals surface area (Å²) in [5.74, 6) is -10.6. The van der Waals surface area contributed by atoms with Crippen molar-refractivity contribution in [1.29, 1.82) is 0 Å². The van der Waals surface area contributed by atoms with Gasteiger partial charge in [0.1, 0.15) is 15.0 Å². The summed E-state index contributed by atoms with van der Waals surface area (Å²) in [5.41, 5.74) is -1.11. The fourth-order valence-electron chi connectivity index (χ4n) is 1.26. The number of aromatic amines is 1. The van der Waals surface area contributed by atoms with E-state index < -0.39 is 40.5 Å². The number of nitrogens with zero attached hydrogens (tertiary/aromatic N) is 1. The first kappa shape index (κ1) is 13.5. The Hall–Kier alpha value is -0.960. The third-order valence-electron chi connectivity index (χ3n) is 2.07. The molecule has 1 heterocycles. The van der Waals surface area contributed by atoms with Gasteiger partial charge in [-0.2, -0.15) is 0 Å². The predicted octanol–water partition coefficient (Wildman–Crippen LogP) is 4.30. The van der Waals surface area contributed by atoms with Crippen LogP contribution in [0.3, 0.4) is 0 Å². The molecule has 2 rings (SSSR count). The van der Waals surface area contributed by atoms with Crippen molar-refractivity contribution in [1.82, 2.24) is 9.97 Å². The van der Waals surface area contributed by atoms with Gasteiger partial charge in [-0.15, -0.1) is 0 Å². The van der Waals surface area contributed by atoms with E-state index in [0.29, 0.717) is 0 Å². The number of aromatic nitrogens is 2. The minimum Gasteiger partial charge on any atom is -0.332 e. The van der Waals surface area contributed by atoms with E-state index in [4.69, 9.17) is 0 Å². The highest BCUT2D eigenvalue weighted by Crippen LogP contribution is 2.32. The van der Waals surface area contributed by atoms with Crippen LogP contribution in [0.1, 0.15) is 0 Å². The number of imidazole rings is 1. The Bertz CT molecular complexity index is 592. The second-order valence-electron chi connectivity index (χ2n) is 3.14. The molecule has 1 aromatic heterocycles. The molecule has 96 valence electrons. The van der Waals surface area contributed by atoms with Crippen LogP contribution in [-0.4, -0.2) is 9.97 Å². The zero-order valence-corrected chi connectivity index (χ0v) is 11.3. The molecule has 0 aliphatic heterocycles. The van der Waals surface area contributed by atoms with Crippen LogP contribution in [-0.2, 0) is 0 Å². The van der Waals surface area contributed by atoms with E-state index in [-0.39, 0.29) is 9.21 Å². The van der Waals surface area contributed by atoms with Crippen LogP contribution in [0.25, 0.3) is 11.4 Å². The molecule has 2 nitrogen and oxygen atoms in total. The first-order valence-corrected chi connectivity index (χ1v) is 5.86. The highest BCUT2D eigenvalue weighted by Gasteiger charge is 2.28. The summed E-state index contributed by atoms with van der Waals surface area (Å²) in [6.07, 6.45) is 0. The zero-order chi connectivity index (χ0) is 13.6. The first-order chi connectivity index (χ1) is 8.34. The van der Waals surface area contributed by atoms with Crippen LogP contribution >= 0.6 is 31.9 Å². The summed E-state index contributed by atoms with van der Waals surface area (Å²) in [7, 11) is 0. The largest absolute Gasteiger partial charge is 0.332 e. The number of nitrogens with one attached hydrogen (secondary N) is 1. The summed E-state index contributed by atoms with van der Waals surface area (Å²) in [6, 6.07) is 0. The van der Waals surface area contributed by atoms with Crippen LogP contribution in [0, 0.1) is 29.1 Å². The maximum Gasteiger partial charge on any atom is 0.200 e. The van der Waals surface area contributed by atoms with E-state index in [1.54, 1.807) is 0 Å². The van der Waals surface area contributed by atoms with E-state index in [1.807, 2.05) is 0 Å². The Balaban J connectivity index is 2.79. The van der Waals surface area contributed by atoms with Crippen molar-refractivity contribution in [2.24, 2.45) is 0 Å². The number of hydrogen-bond donors (Lipinski definition) is 1. The molecule has 0 fully saturated rings. The van der Waals surface area contributed by atoms with Crippen LogP contribution in [0.5, 0.6) is 0 Å². The summed E-state index contributed by atoms with van der Waals surface area (Å²) in [4.78, 5) is 5.93. The van der Waals surface area contributed by atoms with Crippen molar-refractivity contribution in [3.8, 4) is 11.4 Å². The summed E-state index contributed by atoms with van der Waals surface area (Å²) in [6.45, 7) is 0. The number of halogens is 7. The lowest BCUT2D eigenvalue weighted by Crippen LogP contribution is -2.04. The van der Waals surface area contributed by atoms with Gasteiger partial charge in [0, 0.05) is 0 Å². The van der Waals surface area contributed by atoms with Gasteiger partial charge in [0.2, 0.25) is 5.82 Å². The number of H-pyrrole nitrogens is 1. The molecule has 0 atom stereocenters. The molecule has 0 bridgehead atoms. The molecule has 0 saturated carbocycles. The van der Waals surface area contributed by atoms with Crippen molar-refractivity contribution in [3.63, 3.8) is 0 Å². The lowest BCUT2D eigenvalue weighted by molar-refractivity contribution is 0.381. The third kappa shape index (κ3) is 1.95. The highest BCUT2D eigenvalue weighted by molar-refractivity contribution is 9.13. The van der Waals surface area contributed by atoms with Crippen molar-refractivity contribution < 1.29 is 22.0 Å². The van der Waals surface area contributed by atoms with Crippen LogP contribution < -0.4 is 0 Å². The monoisotopic (exact) mass is 390 g/mol. The van der Waals surface area contributed by atoms with Crippen molar-refractivity contribution >= 4 is 31.9 Å². The van der Waals surface area contributed by atoms with E-state index in [9.17, 15) is 22.0 Å². The molecule has 0 aliphatic carbocycles. The maximum absolute atomic E-state index is 13.4. The summed E-state index contributed by atoms with van der Waals surface area (Å²) >= 11 is 5.86.